The van der Waals surface area contributed by atoms with Gasteiger partial charge in [0, 0.05) is 18.6 Å². The number of nitrogens with one attached hydrogen (secondary N) is 2. The third-order valence-electron chi connectivity index (χ3n) is 3.47. The first-order chi connectivity index (χ1) is 6.36. The summed E-state index contributed by atoms with van der Waals surface area (Å²) in [7, 11) is 0. The summed E-state index contributed by atoms with van der Waals surface area (Å²) in [5.41, 5.74) is 0.720. The normalized spacial score (nSPS) is 28.7. The van der Waals surface area contributed by atoms with Gasteiger partial charge in [-0.05, 0) is 45.1 Å². The minimum Gasteiger partial charge on any atom is -0.316 e. The van der Waals surface area contributed by atoms with E-state index in [4.69, 9.17) is 0 Å². The molecule has 2 N–H and O–H groups in total. The van der Waals surface area contributed by atoms with Gasteiger partial charge in [0.2, 0.25) is 0 Å². The van der Waals surface area contributed by atoms with E-state index in [0.29, 0.717) is 5.41 Å². The minimum atomic E-state index is 0.241. The molecule has 0 spiro atoms. The summed E-state index contributed by atoms with van der Waals surface area (Å²) in [4.78, 5) is 0. The minimum absolute atomic E-state index is 0.241. The first-order valence-corrected chi connectivity index (χ1v) is 5.81. The van der Waals surface area contributed by atoms with Crippen molar-refractivity contribution in [3.05, 3.63) is 0 Å². The molecule has 14 heavy (non-hydrogen) atoms. The van der Waals surface area contributed by atoms with Gasteiger partial charge in [0.05, 0.1) is 0 Å². The van der Waals surface area contributed by atoms with Gasteiger partial charge < -0.3 is 10.6 Å². The maximum Gasteiger partial charge on any atom is 0.00967 e. The fraction of sp³-hybridized carbons (Fsp3) is 1.00. The van der Waals surface area contributed by atoms with E-state index in [1.165, 1.54) is 19.5 Å². The summed E-state index contributed by atoms with van der Waals surface area (Å²) in [6, 6.07) is 0. The summed E-state index contributed by atoms with van der Waals surface area (Å²) in [6.07, 6.45) is 1.31. The van der Waals surface area contributed by atoms with E-state index >= 15 is 0 Å². The van der Waals surface area contributed by atoms with Gasteiger partial charge >= 0.3 is 0 Å². The van der Waals surface area contributed by atoms with Crippen LogP contribution in [0.4, 0.5) is 0 Å². The second-order valence-electron chi connectivity index (χ2n) is 6.05. The number of rotatable bonds is 3. The van der Waals surface area contributed by atoms with Crippen molar-refractivity contribution in [3.8, 4) is 0 Å². The van der Waals surface area contributed by atoms with E-state index in [1.54, 1.807) is 0 Å². The van der Waals surface area contributed by atoms with Crippen LogP contribution in [-0.4, -0.2) is 25.2 Å². The van der Waals surface area contributed by atoms with Gasteiger partial charge in [-0.1, -0.05) is 13.8 Å². The lowest BCUT2D eigenvalue weighted by atomic mass is 9.76. The van der Waals surface area contributed by atoms with Crippen LogP contribution in [0.1, 0.15) is 41.0 Å². The first-order valence-electron chi connectivity index (χ1n) is 5.81. The zero-order valence-electron chi connectivity index (χ0n) is 10.4. The summed E-state index contributed by atoms with van der Waals surface area (Å²) in [5, 5.41) is 7.14. The van der Waals surface area contributed by atoms with Gasteiger partial charge in [0.1, 0.15) is 0 Å². The lowest BCUT2D eigenvalue weighted by Crippen LogP contribution is -2.47. The third-order valence-corrected chi connectivity index (χ3v) is 3.47. The van der Waals surface area contributed by atoms with Crippen LogP contribution in [0.3, 0.4) is 0 Å². The smallest absolute Gasteiger partial charge is 0.00967 e. The van der Waals surface area contributed by atoms with Crippen molar-refractivity contribution in [1.82, 2.24) is 10.6 Å². The molecule has 0 amide bonds. The van der Waals surface area contributed by atoms with Crippen molar-refractivity contribution in [2.24, 2.45) is 11.3 Å². The molecule has 1 saturated heterocycles. The first kappa shape index (κ1) is 12.0. The molecule has 2 heteroatoms. The van der Waals surface area contributed by atoms with Crippen LogP contribution in [-0.2, 0) is 0 Å². The van der Waals surface area contributed by atoms with Gasteiger partial charge in [0.15, 0.2) is 0 Å². The Labute approximate surface area is 88.8 Å². The van der Waals surface area contributed by atoms with E-state index in [9.17, 15) is 0 Å². The SMILES string of the molecule is CC(C)C1(CNC(C)(C)C)CCNC1. The highest BCUT2D eigenvalue weighted by Gasteiger charge is 2.37. The topological polar surface area (TPSA) is 24.1 Å². The van der Waals surface area contributed by atoms with Crippen molar-refractivity contribution >= 4 is 0 Å². The molecule has 0 aromatic heterocycles. The molecule has 0 saturated carbocycles. The third kappa shape index (κ3) is 2.96. The predicted octanol–water partition coefficient (Wildman–Crippen LogP) is 2.01. The number of hydrogen-bond donors (Lipinski definition) is 2. The highest BCUT2D eigenvalue weighted by Crippen LogP contribution is 2.33. The Hall–Kier alpha value is -0.0800. The summed E-state index contributed by atoms with van der Waals surface area (Å²) in [6.45, 7) is 14.9. The Balaban J connectivity index is 2.53. The highest BCUT2D eigenvalue weighted by atomic mass is 15.0. The fourth-order valence-corrected chi connectivity index (χ4v) is 2.05. The molecule has 0 radical (unpaired) electrons. The molecule has 2 nitrogen and oxygen atoms in total. The average Bonchev–Trinajstić information content (AvgIpc) is 2.48. The van der Waals surface area contributed by atoms with Crippen LogP contribution in [0, 0.1) is 11.3 Å². The highest BCUT2D eigenvalue weighted by molar-refractivity contribution is 4.93. The predicted molar refractivity (Wildman–Crippen MR) is 62.5 cm³/mol. The second kappa shape index (κ2) is 4.19. The molecule has 1 aliphatic heterocycles. The molecule has 1 fully saturated rings. The molecule has 0 aliphatic carbocycles. The Kier molecular flexibility index (Phi) is 3.59. The Morgan fingerprint density at radius 2 is 2.00 bits per heavy atom. The molecule has 0 aromatic carbocycles. The van der Waals surface area contributed by atoms with Gasteiger partial charge in [-0.15, -0.1) is 0 Å². The second-order valence-corrected chi connectivity index (χ2v) is 6.05. The van der Waals surface area contributed by atoms with Crippen LogP contribution < -0.4 is 10.6 Å². The van der Waals surface area contributed by atoms with E-state index < -0.39 is 0 Å². The standard InChI is InChI=1S/C12H26N2/c1-10(2)12(6-7-13-8-12)9-14-11(3,4)5/h10,13-14H,6-9H2,1-5H3. The molecule has 1 heterocycles. The largest absolute Gasteiger partial charge is 0.316 e. The fourth-order valence-electron chi connectivity index (χ4n) is 2.05. The molecule has 0 aromatic rings. The van der Waals surface area contributed by atoms with Crippen LogP contribution in [0.25, 0.3) is 0 Å². The zero-order valence-corrected chi connectivity index (χ0v) is 10.4. The summed E-state index contributed by atoms with van der Waals surface area (Å²) >= 11 is 0. The molecule has 1 atom stereocenters. The van der Waals surface area contributed by atoms with E-state index in [-0.39, 0.29) is 5.54 Å². The van der Waals surface area contributed by atoms with Gasteiger partial charge in [0.25, 0.3) is 0 Å². The van der Waals surface area contributed by atoms with Gasteiger partial charge in [-0.3, -0.25) is 0 Å². The monoisotopic (exact) mass is 198 g/mol. The number of hydrogen-bond acceptors (Lipinski definition) is 2. The van der Waals surface area contributed by atoms with Crippen molar-refractivity contribution in [2.45, 2.75) is 46.6 Å². The Morgan fingerprint density at radius 3 is 2.36 bits per heavy atom. The average molecular weight is 198 g/mol. The maximum atomic E-state index is 3.65. The zero-order chi connectivity index (χ0) is 10.8. The lowest BCUT2D eigenvalue weighted by Gasteiger charge is -2.36. The molecule has 1 rings (SSSR count). The van der Waals surface area contributed by atoms with E-state index in [1.807, 2.05) is 0 Å². The van der Waals surface area contributed by atoms with Crippen LogP contribution >= 0.6 is 0 Å². The molecule has 84 valence electrons. The van der Waals surface area contributed by atoms with E-state index in [0.717, 1.165) is 12.5 Å². The van der Waals surface area contributed by atoms with Crippen LogP contribution in [0.2, 0.25) is 0 Å². The molecule has 0 bridgehead atoms. The Bertz CT molecular complexity index is 173. The Morgan fingerprint density at radius 1 is 1.36 bits per heavy atom. The van der Waals surface area contributed by atoms with Crippen molar-refractivity contribution < 1.29 is 0 Å². The summed E-state index contributed by atoms with van der Waals surface area (Å²) in [5.74, 6) is 0.757. The van der Waals surface area contributed by atoms with Gasteiger partial charge in [-0.25, -0.2) is 0 Å². The van der Waals surface area contributed by atoms with Crippen molar-refractivity contribution in [1.29, 1.82) is 0 Å². The molecular weight excluding hydrogens is 172 g/mol. The van der Waals surface area contributed by atoms with Crippen molar-refractivity contribution in [2.75, 3.05) is 19.6 Å². The van der Waals surface area contributed by atoms with E-state index in [2.05, 4.69) is 45.3 Å². The van der Waals surface area contributed by atoms with Crippen LogP contribution in [0.15, 0.2) is 0 Å². The maximum absolute atomic E-state index is 3.65. The molecule has 1 aliphatic rings. The quantitative estimate of drug-likeness (QED) is 0.725. The van der Waals surface area contributed by atoms with Crippen LogP contribution in [0.5, 0.6) is 0 Å². The van der Waals surface area contributed by atoms with Gasteiger partial charge in [-0.2, -0.15) is 0 Å². The molecule has 1 unspecified atom stereocenters. The lowest BCUT2D eigenvalue weighted by molar-refractivity contribution is 0.189. The molecular formula is C12H26N2. The van der Waals surface area contributed by atoms with Crippen molar-refractivity contribution in [3.63, 3.8) is 0 Å². The summed E-state index contributed by atoms with van der Waals surface area (Å²) < 4.78 is 0.